The van der Waals surface area contributed by atoms with Gasteiger partial charge >= 0.3 is 7.25 Å². The first-order chi connectivity index (χ1) is 12.4. The van der Waals surface area contributed by atoms with E-state index in [1.165, 1.54) is 23.6 Å². The molecule has 1 aromatic heterocycles. The van der Waals surface area contributed by atoms with E-state index in [2.05, 4.69) is 53.1 Å². The molecule has 1 saturated heterocycles. The van der Waals surface area contributed by atoms with Gasteiger partial charge in [-0.25, -0.2) is 4.58 Å². The summed E-state index contributed by atoms with van der Waals surface area (Å²) in [5.74, 6) is 0.941. The number of halogens is 4. The molecule has 1 fully saturated rings. The lowest BCUT2D eigenvalue weighted by Crippen LogP contribution is -2.27. The zero-order valence-corrected chi connectivity index (χ0v) is 14.0. The molecule has 0 radical (unpaired) electrons. The maximum atomic E-state index is 9.75. The number of benzene rings is 2. The standard InChI is InChI=1S/C19H18NO.BF4/c1-2-8-15(9-3-1)19-14-17(20-12-6-7-13-20)16-10-4-5-11-18(16)21-19;2-1(3,4)5/h1-5,8-11,14H,6-7,12-13H2;/q+1;-1. The van der Waals surface area contributed by atoms with Crippen molar-refractivity contribution in [2.75, 3.05) is 13.1 Å². The molecule has 1 aliphatic rings. The number of nitrogens with zero attached hydrogens (tertiary/aromatic N) is 1. The van der Waals surface area contributed by atoms with E-state index in [-0.39, 0.29) is 0 Å². The molecule has 2 nitrogen and oxygen atoms in total. The average molecular weight is 363 g/mol. The van der Waals surface area contributed by atoms with Crippen LogP contribution in [-0.2, 0) is 0 Å². The van der Waals surface area contributed by atoms with E-state index >= 15 is 0 Å². The second-order valence-electron chi connectivity index (χ2n) is 6.05. The molecule has 0 N–H and O–H groups in total. The molecule has 26 heavy (non-hydrogen) atoms. The highest BCUT2D eigenvalue weighted by Gasteiger charge is 2.20. The average Bonchev–Trinajstić information content (AvgIpc) is 3.14. The fraction of sp³-hybridized carbons (Fsp3) is 0.211. The Balaban J connectivity index is 0.000000349. The van der Waals surface area contributed by atoms with Crippen LogP contribution in [0.15, 0.2) is 65.1 Å². The Kier molecular flexibility index (Phi) is 5.45. The number of fused-ring (bicyclic) bond motifs is 1. The first kappa shape index (κ1) is 18.2. The van der Waals surface area contributed by atoms with Gasteiger partial charge in [-0.05, 0) is 12.1 Å². The van der Waals surface area contributed by atoms with E-state index in [1.54, 1.807) is 0 Å². The Morgan fingerprint density at radius 2 is 1.38 bits per heavy atom. The van der Waals surface area contributed by atoms with Crippen molar-refractivity contribution in [3.05, 3.63) is 66.0 Å². The highest BCUT2D eigenvalue weighted by molar-refractivity contribution is 6.50. The molecule has 7 heteroatoms. The van der Waals surface area contributed by atoms with Gasteiger partial charge in [0.15, 0.2) is 0 Å². The summed E-state index contributed by atoms with van der Waals surface area (Å²) >= 11 is 0. The summed E-state index contributed by atoms with van der Waals surface area (Å²) < 4.78 is 47.6. The van der Waals surface area contributed by atoms with Crippen molar-refractivity contribution >= 4 is 18.2 Å². The smallest absolute Gasteiger partial charge is 0.456 e. The summed E-state index contributed by atoms with van der Waals surface area (Å²) in [6, 6.07) is 20.9. The van der Waals surface area contributed by atoms with Crippen LogP contribution >= 0.6 is 0 Å². The van der Waals surface area contributed by atoms with Crippen molar-refractivity contribution in [2.24, 2.45) is 0 Å². The lowest BCUT2D eigenvalue weighted by atomic mass is 10.1. The summed E-state index contributed by atoms with van der Waals surface area (Å²) in [6.45, 7) is 2.28. The maximum Gasteiger partial charge on any atom is 0.673 e. The minimum Gasteiger partial charge on any atom is -0.456 e. The first-order valence-corrected chi connectivity index (χ1v) is 8.45. The van der Waals surface area contributed by atoms with Crippen molar-refractivity contribution in [3.63, 3.8) is 0 Å². The van der Waals surface area contributed by atoms with E-state index in [4.69, 9.17) is 4.42 Å². The molecular weight excluding hydrogens is 345 g/mol. The third-order valence-corrected chi connectivity index (χ3v) is 4.16. The van der Waals surface area contributed by atoms with Gasteiger partial charge in [0.2, 0.25) is 5.36 Å². The van der Waals surface area contributed by atoms with E-state index in [1.807, 2.05) is 12.1 Å². The van der Waals surface area contributed by atoms with Crippen molar-refractivity contribution in [1.82, 2.24) is 4.58 Å². The van der Waals surface area contributed by atoms with Crippen molar-refractivity contribution in [3.8, 4) is 11.3 Å². The van der Waals surface area contributed by atoms with E-state index in [0.717, 1.165) is 30.0 Å². The molecule has 0 amide bonds. The van der Waals surface area contributed by atoms with Gasteiger partial charge in [0.25, 0.3) is 0 Å². The van der Waals surface area contributed by atoms with E-state index in [9.17, 15) is 17.3 Å². The van der Waals surface area contributed by atoms with Gasteiger partial charge in [-0.15, -0.1) is 0 Å². The minimum atomic E-state index is -6.00. The highest BCUT2D eigenvalue weighted by atomic mass is 19.5. The number of para-hydroxylation sites is 1. The molecule has 0 spiro atoms. The summed E-state index contributed by atoms with van der Waals surface area (Å²) in [5, 5.41) is 2.51. The Labute approximate surface area is 148 Å². The second-order valence-corrected chi connectivity index (χ2v) is 6.05. The van der Waals surface area contributed by atoms with Crippen LogP contribution in [0.1, 0.15) is 12.8 Å². The van der Waals surface area contributed by atoms with Gasteiger partial charge in [-0.3, -0.25) is 0 Å². The van der Waals surface area contributed by atoms with Crippen LogP contribution < -0.4 is 9.93 Å². The third-order valence-electron chi connectivity index (χ3n) is 4.16. The fourth-order valence-corrected chi connectivity index (χ4v) is 3.08. The van der Waals surface area contributed by atoms with Crippen molar-refractivity contribution in [1.29, 1.82) is 0 Å². The Hall–Kier alpha value is -2.57. The van der Waals surface area contributed by atoms with Crippen LogP contribution in [0.5, 0.6) is 0 Å². The van der Waals surface area contributed by atoms with E-state index < -0.39 is 7.25 Å². The molecule has 2 aromatic carbocycles. The SMILES string of the molecule is F[B-](F)(F)F.c1ccc(-c2cc(=[N+]3CCCC3)c3ccccc3o2)cc1. The highest BCUT2D eigenvalue weighted by Crippen LogP contribution is 2.21. The topological polar surface area (TPSA) is 16.1 Å². The van der Waals surface area contributed by atoms with Crippen LogP contribution in [0.25, 0.3) is 22.3 Å². The third kappa shape index (κ3) is 4.74. The van der Waals surface area contributed by atoms with Gasteiger partial charge in [-0.2, -0.15) is 0 Å². The van der Waals surface area contributed by atoms with E-state index in [0.29, 0.717) is 0 Å². The fourth-order valence-electron chi connectivity index (χ4n) is 3.08. The van der Waals surface area contributed by atoms with Gasteiger partial charge in [0, 0.05) is 18.4 Å². The first-order valence-electron chi connectivity index (χ1n) is 8.45. The second kappa shape index (κ2) is 7.76. The van der Waals surface area contributed by atoms with Gasteiger partial charge in [-0.1, -0.05) is 42.5 Å². The molecule has 0 bridgehead atoms. The Morgan fingerprint density at radius 1 is 0.808 bits per heavy atom. The van der Waals surface area contributed by atoms with Crippen LogP contribution in [0.3, 0.4) is 0 Å². The molecule has 0 unspecified atom stereocenters. The largest absolute Gasteiger partial charge is 0.673 e. The Morgan fingerprint density at radius 3 is 2.04 bits per heavy atom. The molecule has 0 atom stereocenters. The lowest BCUT2D eigenvalue weighted by Gasteiger charge is -2.04. The lowest BCUT2D eigenvalue weighted by molar-refractivity contribution is 0.368. The quantitative estimate of drug-likeness (QED) is 0.339. The zero-order valence-electron chi connectivity index (χ0n) is 14.0. The van der Waals surface area contributed by atoms with Crippen LogP contribution in [0, 0.1) is 0 Å². The predicted octanol–water partition coefficient (Wildman–Crippen LogP) is 4.97. The summed E-state index contributed by atoms with van der Waals surface area (Å²) in [7, 11) is -6.00. The molecule has 2 heterocycles. The predicted molar refractivity (Wildman–Crippen MR) is 96.1 cm³/mol. The monoisotopic (exact) mass is 363 g/mol. The van der Waals surface area contributed by atoms with Gasteiger partial charge in [0.1, 0.15) is 24.4 Å². The van der Waals surface area contributed by atoms with Crippen molar-refractivity contribution in [2.45, 2.75) is 12.8 Å². The minimum absolute atomic E-state index is 0.941. The molecule has 3 aromatic rings. The number of hydrogen-bond acceptors (Lipinski definition) is 1. The molecule has 136 valence electrons. The van der Waals surface area contributed by atoms with Gasteiger partial charge < -0.3 is 21.7 Å². The number of hydrogen-bond donors (Lipinski definition) is 0. The molecule has 0 aliphatic carbocycles. The summed E-state index contributed by atoms with van der Waals surface area (Å²) in [4.78, 5) is 0. The zero-order chi connectivity index (χ0) is 18.6. The normalized spacial score (nSPS) is 14.2. The number of rotatable bonds is 1. The van der Waals surface area contributed by atoms with Crippen LogP contribution in [0.2, 0.25) is 0 Å². The maximum absolute atomic E-state index is 9.75. The van der Waals surface area contributed by atoms with Crippen LogP contribution in [0.4, 0.5) is 17.3 Å². The van der Waals surface area contributed by atoms with Gasteiger partial charge in [0.05, 0.1) is 11.5 Å². The van der Waals surface area contributed by atoms with Crippen LogP contribution in [-0.4, -0.2) is 20.3 Å². The summed E-state index contributed by atoms with van der Waals surface area (Å²) in [6.07, 6.45) is 2.56. The Bertz CT molecular complexity index is 937. The molecule has 0 saturated carbocycles. The molecular formula is C19H18BF4NO. The van der Waals surface area contributed by atoms with Crippen molar-refractivity contribution < 1.29 is 21.7 Å². The molecule has 1 aliphatic heterocycles. The summed E-state index contributed by atoms with van der Waals surface area (Å²) in [5.41, 5.74) is 2.09. The molecule has 4 rings (SSSR count).